The molecule has 0 aliphatic carbocycles. The second-order valence-corrected chi connectivity index (χ2v) is 6.20. The van der Waals surface area contributed by atoms with Gasteiger partial charge < -0.3 is 15.0 Å². The summed E-state index contributed by atoms with van der Waals surface area (Å²) in [6, 6.07) is 0.519. The molecule has 0 spiro atoms. The van der Waals surface area contributed by atoms with E-state index in [0.29, 0.717) is 18.6 Å². The Kier molecular flexibility index (Phi) is 6.93. The zero-order valence-electron chi connectivity index (χ0n) is 13.6. The highest BCUT2D eigenvalue weighted by atomic mass is 16.5. The quantitative estimate of drug-likeness (QED) is 0.764. The molecule has 0 aromatic heterocycles. The number of carbonyl (C=O) groups is 1. The summed E-state index contributed by atoms with van der Waals surface area (Å²) < 4.78 is 5.18. The van der Waals surface area contributed by atoms with Gasteiger partial charge in [-0.3, -0.25) is 9.69 Å². The first-order chi connectivity index (χ1) is 10.3. The van der Waals surface area contributed by atoms with Crippen molar-refractivity contribution in [1.82, 2.24) is 15.1 Å². The molecule has 2 rings (SSSR count). The fourth-order valence-corrected chi connectivity index (χ4v) is 3.61. The smallest absolute Gasteiger partial charge is 0.240 e. The molecule has 1 atom stereocenters. The highest BCUT2D eigenvalue weighted by Crippen LogP contribution is 2.22. The van der Waals surface area contributed by atoms with Gasteiger partial charge in [-0.2, -0.15) is 0 Å². The van der Waals surface area contributed by atoms with E-state index in [9.17, 15) is 4.79 Å². The van der Waals surface area contributed by atoms with Crippen LogP contribution in [-0.2, 0) is 9.53 Å². The maximum atomic E-state index is 13.0. The van der Waals surface area contributed by atoms with E-state index >= 15 is 0 Å². The first-order valence-electron chi connectivity index (χ1n) is 8.52. The van der Waals surface area contributed by atoms with E-state index < -0.39 is 0 Å². The van der Waals surface area contributed by atoms with Crippen molar-refractivity contribution in [3.63, 3.8) is 0 Å². The van der Waals surface area contributed by atoms with Crippen LogP contribution in [0, 0.1) is 0 Å². The number of methoxy groups -OCH3 is 1. The Morgan fingerprint density at radius 3 is 2.76 bits per heavy atom. The van der Waals surface area contributed by atoms with E-state index in [0.717, 1.165) is 64.8 Å². The summed E-state index contributed by atoms with van der Waals surface area (Å²) >= 11 is 0. The lowest BCUT2D eigenvalue weighted by molar-refractivity contribution is -0.139. The van der Waals surface area contributed by atoms with Crippen molar-refractivity contribution in [2.24, 2.45) is 0 Å². The lowest BCUT2D eigenvalue weighted by atomic mass is 10.0. The summed E-state index contributed by atoms with van der Waals surface area (Å²) in [5.74, 6) is 0.359. The van der Waals surface area contributed by atoms with Crippen LogP contribution in [0.25, 0.3) is 0 Å². The zero-order chi connectivity index (χ0) is 15.1. The SMILES string of the molecule is CCCN(C(=O)C1CCCN1CCOC)C1CCNCC1. The van der Waals surface area contributed by atoms with Crippen LogP contribution in [0.4, 0.5) is 0 Å². The molecule has 0 bridgehead atoms. The number of carbonyl (C=O) groups excluding carboxylic acids is 1. The van der Waals surface area contributed by atoms with E-state index in [-0.39, 0.29) is 6.04 Å². The third-order valence-electron chi connectivity index (χ3n) is 4.73. The molecule has 2 aliphatic rings. The van der Waals surface area contributed by atoms with E-state index in [2.05, 4.69) is 22.0 Å². The molecule has 2 fully saturated rings. The molecule has 0 aromatic carbocycles. The molecule has 1 N–H and O–H groups in total. The standard InChI is InChI=1S/C16H31N3O2/c1-3-10-19(14-6-8-17-9-7-14)16(20)15-5-4-11-18(15)12-13-21-2/h14-15,17H,3-13H2,1-2H3. The number of amides is 1. The van der Waals surface area contributed by atoms with Crippen molar-refractivity contribution >= 4 is 5.91 Å². The molecule has 2 heterocycles. The fourth-order valence-electron chi connectivity index (χ4n) is 3.61. The molecule has 1 amide bonds. The topological polar surface area (TPSA) is 44.8 Å². The average Bonchev–Trinajstić information content (AvgIpc) is 2.99. The molecular weight excluding hydrogens is 266 g/mol. The predicted octanol–water partition coefficient (Wildman–Crippen LogP) is 1.09. The summed E-state index contributed by atoms with van der Waals surface area (Å²) in [6.07, 6.45) is 5.37. The Morgan fingerprint density at radius 2 is 2.10 bits per heavy atom. The number of hydrogen-bond acceptors (Lipinski definition) is 4. The maximum absolute atomic E-state index is 13.0. The molecule has 0 radical (unpaired) electrons. The highest BCUT2D eigenvalue weighted by molar-refractivity contribution is 5.82. The van der Waals surface area contributed by atoms with Gasteiger partial charge in [-0.15, -0.1) is 0 Å². The van der Waals surface area contributed by atoms with Gasteiger partial charge in [-0.1, -0.05) is 6.92 Å². The van der Waals surface area contributed by atoms with Crippen LogP contribution in [0.3, 0.4) is 0 Å². The lowest BCUT2D eigenvalue weighted by Crippen LogP contribution is -2.52. The summed E-state index contributed by atoms with van der Waals surface area (Å²) in [7, 11) is 1.73. The molecule has 5 heteroatoms. The van der Waals surface area contributed by atoms with Crippen molar-refractivity contribution in [2.45, 2.75) is 51.1 Å². The third-order valence-corrected chi connectivity index (χ3v) is 4.73. The van der Waals surface area contributed by atoms with Crippen LogP contribution in [0.1, 0.15) is 39.0 Å². The van der Waals surface area contributed by atoms with Gasteiger partial charge >= 0.3 is 0 Å². The van der Waals surface area contributed by atoms with Crippen molar-refractivity contribution in [3.8, 4) is 0 Å². The van der Waals surface area contributed by atoms with E-state index in [1.54, 1.807) is 7.11 Å². The lowest BCUT2D eigenvalue weighted by Gasteiger charge is -2.37. The minimum Gasteiger partial charge on any atom is -0.383 e. The normalized spacial score (nSPS) is 24.4. The Balaban J connectivity index is 1.98. The largest absolute Gasteiger partial charge is 0.383 e. The molecule has 5 nitrogen and oxygen atoms in total. The molecule has 122 valence electrons. The summed E-state index contributed by atoms with van der Waals surface area (Å²) in [4.78, 5) is 17.5. The van der Waals surface area contributed by atoms with Crippen LogP contribution < -0.4 is 5.32 Å². The molecule has 2 saturated heterocycles. The monoisotopic (exact) mass is 297 g/mol. The Morgan fingerprint density at radius 1 is 1.33 bits per heavy atom. The van der Waals surface area contributed by atoms with Gasteiger partial charge in [-0.25, -0.2) is 0 Å². The number of likely N-dealkylation sites (tertiary alicyclic amines) is 1. The average molecular weight is 297 g/mol. The van der Waals surface area contributed by atoms with Crippen LogP contribution in [-0.4, -0.2) is 74.2 Å². The fraction of sp³-hybridized carbons (Fsp3) is 0.938. The second kappa shape index (κ2) is 8.71. The molecule has 21 heavy (non-hydrogen) atoms. The minimum absolute atomic E-state index is 0.0848. The van der Waals surface area contributed by atoms with E-state index in [1.165, 1.54) is 0 Å². The van der Waals surface area contributed by atoms with Gasteiger partial charge in [0.15, 0.2) is 0 Å². The number of nitrogens with one attached hydrogen (secondary N) is 1. The number of rotatable bonds is 7. The van der Waals surface area contributed by atoms with Gasteiger partial charge in [0, 0.05) is 26.2 Å². The van der Waals surface area contributed by atoms with Gasteiger partial charge in [0.1, 0.15) is 0 Å². The number of piperidine rings is 1. The molecular formula is C16H31N3O2. The molecule has 2 aliphatic heterocycles. The molecule has 1 unspecified atom stereocenters. The van der Waals surface area contributed by atoms with Crippen LogP contribution in [0.15, 0.2) is 0 Å². The van der Waals surface area contributed by atoms with Crippen molar-refractivity contribution in [2.75, 3.05) is 46.4 Å². The number of ether oxygens (including phenoxy) is 1. The Bertz CT molecular complexity index is 319. The van der Waals surface area contributed by atoms with E-state index in [4.69, 9.17) is 4.74 Å². The zero-order valence-corrected chi connectivity index (χ0v) is 13.6. The number of hydrogen-bond donors (Lipinski definition) is 1. The maximum Gasteiger partial charge on any atom is 0.240 e. The van der Waals surface area contributed by atoms with E-state index in [1.807, 2.05) is 0 Å². The summed E-state index contributed by atoms with van der Waals surface area (Å²) in [5.41, 5.74) is 0. The number of nitrogens with zero attached hydrogens (tertiary/aromatic N) is 2. The molecule has 0 saturated carbocycles. The van der Waals surface area contributed by atoms with Gasteiger partial charge in [0.05, 0.1) is 12.6 Å². The highest BCUT2D eigenvalue weighted by Gasteiger charge is 2.35. The van der Waals surface area contributed by atoms with Gasteiger partial charge in [0.2, 0.25) is 5.91 Å². The molecule has 0 aromatic rings. The third kappa shape index (κ3) is 4.41. The van der Waals surface area contributed by atoms with Crippen molar-refractivity contribution in [1.29, 1.82) is 0 Å². The first-order valence-corrected chi connectivity index (χ1v) is 8.52. The van der Waals surface area contributed by atoms with Gasteiger partial charge in [-0.05, 0) is 51.7 Å². The van der Waals surface area contributed by atoms with Crippen LogP contribution in [0.5, 0.6) is 0 Å². The predicted molar refractivity (Wildman–Crippen MR) is 84.4 cm³/mol. The minimum atomic E-state index is 0.0848. The Labute approximate surface area is 129 Å². The van der Waals surface area contributed by atoms with Crippen molar-refractivity contribution < 1.29 is 9.53 Å². The first kappa shape index (κ1) is 16.7. The van der Waals surface area contributed by atoms with Crippen molar-refractivity contribution in [3.05, 3.63) is 0 Å². The second-order valence-electron chi connectivity index (χ2n) is 6.20. The summed E-state index contributed by atoms with van der Waals surface area (Å²) in [6.45, 7) is 7.76. The van der Waals surface area contributed by atoms with Crippen LogP contribution in [0.2, 0.25) is 0 Å². The summed E-state index contributed by atoms with van der Waals surface area (Å²) in [5, 5.41) is 3.39. The van der Waals surface area contributed by atoms with Gasteiger partial charge in [0.25, 0.3) is 0 Å². The Hall–Kier alpha value is -0.650. The van der Waals surface area contributed by atoms with Crippen LogP contribution >= 0.6 is 0 Å².